The molecule has 3 heterocycles. The van der Waals surface area contributed by atoms with E-state index in [9.17, 15) is 4.39 Å². The molecule has 1 aliphatic carbocycles. The monoisotopic (exact) mass is 411 g/mol. The lowest BCUT2D eigenvalue weighted by atomic mass is 10.00. The summed E-state index contributed by atoms with van der Waals surface area (Å²) in [4.78, 5) is 15.1. The Bertz CT molecular complexity index is 1050. The van der Waals surface area contributed by atoms with Crippen molar-refractivity contribution in [2.75, 3.05) is 23.8 Å². The van der Waals surface area contributed by atoms with Gasteiger partial charge in [0.2, 0.25) is 5.95 Å². The maximum absolute atomic E-state index is 13.5. The van der Waals surface area contributed by atoms with Crippen LogP contribution in [-0.2, 0) is 17.6 Å². The van der Waals surface area contributed by atoms with Crippen molar-refractivity contribution in [3.63, 3.8) is 0 Å². The third-order valence-electron chi connectivity index (χ3n) is 5.33. The lowest BCUT2D eigenvalue weighted by molar-refractivity contribution is 0.120. The minimum atomic E-state index is -0.223. The van der Waals surface area contributed by atoms with Gasteiger partial charge in [-0.1, -0.05) is 11.3 Å². The summed E-state index contributed by atoms with van der Waals surface area (Å²) >= 11 is 1.64. The number of anilines is 3. The van der Waals surface area contributed by atoms with Gasteiger partial charge in [0.1, 0.15) is 5.82 Å². The molecule has 0 saturated carbocycles. The number of nitrogens with one attached hydrogen (secondary N) is 2. The predicted molar refractivity (Wildman–Crippen MR) is 112 cm³/mol. The standard InChI is InChI=1S/C21H22FN5OS/c1-12-9-14(5-6-16(12)22)25-20-23-10-13-4-7-17-19(18(13)27-20)29-21(26-17)24-11-15-3-2-8-28-15/h5-6,9-10,15H,2-4,7-8,11H2,1H3,(H,24,26)(H,23,25,27). The molecular formula is C21H22FN5OS. The van der Waals surface area contributed by atoms with E-state index in [0.717, 1.165) is 71.5 Å². The zero-order chi connectivity index (χ0) is 19.8. The van der Waals surface area contributed by atoms with Crippen molar-refractivity contribution in [1.29, 1.82) is 0 Å². The van der Waals surface area contributed by atoms with Gasteiger partial charge in [0.05, 0.1) is 22.4 Å². The van der Waals surface area contributed by atoms with Crippen LogP contribution in [0, 0.1) is 12.7 Å². The number of halogens is 1. The van der Waals surface area contributed by atoms with E-state index >= 15 is 0 Å². The van der Waals surface area contributed by atoms with Gasteiger partial charge in [0.15, 0.2) is 5.13 Å². The molecule has 0 amide bonds. The van der Waals surface area contributed by atoms with Crippen LogP contribution >= 0.6 is 11.3 Å². The highest BCUT2D eigenvalue weighted by Gasteiger charge is 2.24. The van der Waals surface area contributed by atoms with Gasteiger partial charge >= 0.3 is 0 Å². The van der Waals surface area contributed by atoms with Crippen molar-refractivity contribution in [2.24, 2.45) is 0 Å². The van der Waals surface area contributed by atoms with Gasteiger partial charge in [-0.3, -0.25) is 0 Å². The summed E-state index contributed by atoms with van der Waals surface area (Å²) in [5.41, 5.74) is 4.50. The van der Waals surface area contributed by atoms with Crippen LogP contribution in [0.25, 0.3) is 10.6 Å². The van der Waals surface area contributed by atoms with Gasteiger partial charge in [-0.15, -0.1) is 0 Å². The second-order valence-electron chi connectivity index (χ2n) is 7.47. The van der Waals surface area contributed by atoms with Gasteiger partial charge < -0.3 is 15.4 Å². The summed E-state index contributed by atoms with van der Waals surface area (Å²) in [7, 11) is 0. The molecule has 1 aliphatic heterocycles. The van der Waals surface area contributed by atoms with E-state index < -0.39 is 0 Å². The fourth-order valence-electron chi connectivity index (χ4n) is 3.74. The number of thiazole rings is 1. The molecule has 5 rings (SSSR count). The van der Waals surface area contributed by atoms with Gasteiger partial charge in [-0.2, -0.15) is 0 Å². The van der Waals surface area contributed by atoms with Crippen molar-refractivity contribution < 1.29 is 9.13 Å². The minimum Gasteiger partial charge on any atom is -0.376 e. The first-order valence-electron chi connectivity index (χ1n) is 9.90. The Morgan fingerprint density at radius 1 is 1.28 bits per heavy atom. The van der Waals surface area contributed by atoms with Gasteiger partial charge in [-0.25, -0.2) is 19.3 Å². The van der Waals surface area contributed by atoms with Crippen molar-refractivity contribution in [3.05, 3.63) is 47.0 Å². The molecule has 0 radical (unpaired) electrons. The molecule has 0 spiro atoms. The highest BCUT2D eigenvalue weighted by molar-refractivity contribution is 7.19. The van der Waals surface area contributed by atoms with Crippen LogP contribution in [0.4, 0.5) is 21.2 Å². The Kier molecular flexibility index (Phi) is 4.89. The highest BCUT2D eigenvalue weighted by atomic mass is 32.1. The maximum Gasteiger partial charge on any atom is 0.227 e. The van der Waals surface area contributed by atoms with Crippen molar-refractivity contribution in [3.8, 4) is 10.6 Å². The molecule has 3 aromatic rings. The van der Waals surface area contributed by atoms with Gasteiger partial charge in [-0.05, 0) is 61.9 Å². The fraction of sp³-hybridized carbons (Fsp3) is 0.381. The Labute approximate surface area is 172 Å². The average Bonchev–Trinajstić information content (AvgIpc) is 3.38. The van der Waals surface area contributed by atoms with Crippen LogP contribution in [0.15, 0.2) is 24.4 Å². The number of fused-ring (bicyclic) bond motifs is 3. The van der Waals surface area contributed by atoms with E-state index in [0.29, 0.717) is 11.5 Å². The predicted octanol–water partition coefficient (Wildman–Crippen LogP) is 4.48. The molecule has 2 N–H and O–H groups in total. The summed E-state index contributed by atoms with van der Waals surface area (Å²) in [5.74, 6) is 0.282. The summed E-state index contributed by atoms with van der Waals surface area (Å²) in [6, 6.07) is 4.89. The zero-order valence-corrected chi connectivity index (χ0v) is 17.0. The molecule has 29 heavy (non-hydrogen) atoms. The molecule has 2 aliphatic rings. The highest BCUT2D eigenvalue weighted by Crippen LogP contribution is 2.38. The number of rotatable bonds is 5. The molecule has 6 nitrogen and oxygen atoms in total. The van der Waals surface area contributed by atoms with Crippen LogP contribution in [0.5, 0.6) is 0 Å². The first-order chi connectivity index (χ1) is 14.2. The Balaban J connectivity index is 1.37. The second kappa shape index (κ2) is 7.68. The molecule has 1 atom stereocenters. The van der Waals surface area contributed by atoms with Crippen LogP contribution in [0.2, 0.25) is 0 Å². The number of ether oxygens (including phenoxy) is 1. The molecular weight excluding hydrogens is 389 g/mol. The molecule has 150 valence electrons. The number of benzene rings is 1. The second-order valence-corrected chi connectivity index (χ2v) is 8.47. The van der Waals surface area contributed by atoms with E-state index in [1.165, 1.54) is 6.07 Å². The van der Waals surface area contributed by atoms with Crippen molar-refractivity contribution in [1.82, 2.24) is 15.0 Å². The zero-order valence-electron chi connectivity index (χ0n) is 16.2. The minimum absolute atomic E-state index is 0.223. The first kappa shape index (κ1) is 18.4. The Morgan fingerprint density at radius 3 is 3.03 bits per heavy atom. The van der Waals surface area contributed by atoms with E-state index in [4.69, 9.17) is 14.7 Å². The molecule has 1 saturated heterocycles. The summed E-state index contributed by atoms with van der Waals surface area (Å²) in [6.45, 7) is 3.39. The molecule has 8 heteroatoms. The lowest BCUT2D eigenvalue weighted by Crippen LogP contribution is -2.18. The van der Waals surface area contributed by atoms with Gasteiger partial charge in [0, 0.05) is 25.0 Å². The summed E-state index contributed by atoms with van der Waals surface area (Å²) in [5, 5.41) is 7.53. The number of aryl methyl sites for hydroxylation is 3. The Hall–Kier alpha value is -2.58. The Morgan fingerprint density at radius 2 is 2.21 bits per heavy atom. The van der Waals surface area contributed by atoms with E-state index in [2.05, 4.69) is 15.6 Å². The van der Waals surface area contributed by atoms with Crippen LogP contribution in [-0.4, -0.2) is 34.2 Å². The molecule has 0 bridgehead atoms. The van der Waals surface area contributed by atoms with E-state index in [1.807, 2.05) is 6.20 Å². The number of hydrogen-bond acceptors (Lipinski definition) is 7. The SMILES string of the molecule is Cc1cc(Nc2ncc3c(n2)-c2sc(NCC4CCCO4)nc2CC3)ccc1F. The number of aromatic nitrogens is 3. The van der Waals surface area contributed by atoms with E-state index in [-0.39, 0.29) is 11.9 Å². The lowest BCUT2D eigenvalue weighted by Gasteiger charge is -2.15. The van der Waals surface area contributed by atoms with Crippen molar-refractivity contribution >= 4 is 28.1 Å². The average molecular weight is 412 g/mol. The molecule has 2 aromatic heterocycles. The molecule has 1 fully saturated rings. The smallest absolute Gasteiger partial charge is 0.227 e. The van der Waals surface area contributed by atoms with Crippen LogP contribution in [0.1, 0.15) is 29.7 Å². The number of hydrogen-bond donors (Lipinski definition) is 2. The van der Waals surface area contributed by atoms with E-state index in [1.54, 1.807) is 30.4 Å². The summed E-state index contributed by atoms with van der Waals surface area (Å²) in [6.07, 6.45) is 6.17. The quantitative estimate of drug-likeness (QED) is 0.645. The van der Waals surface area contributed by atoms with Crippen molar-refractivity contribution in [2.45, 2.75) is 38.7 Å². The maximum atomic E-state index is 13.5. The van der Waals surface area contributed by atoms with Crippen LogP contribution in [0.3, 0.4) is 0 Å². The fourth-order valence-corrected chi connectivity index (χ4v) is 4.78. The topological polar surface area (TPSA) is 72.0 Å². The first-order valence-corrected chi connectivity index (χ1v) is 10.7. The number of nitrogens with zero attached hydrogens (tertiary/aromatic N) is 3. The summed E-state index contributed by atoms with van der Waals surface area (Å²) < 4.78 is 19.2. The molecule has 1 unspecified atom stereocenters. The largest absolute Gasteiger partial charge is 0.376 e. The van der Waals surface area contributed by atoms with Gasteiger partial charge in [0.25, 0.3) is 0 Å². The van der Waals surface area contributed by atoms with Crippen LogP contribution < -0.4 is 10.6 Å². The third-order valence-corrected chi connectivity index (χ3v) is 6.39. The third kappa shape index (κ3) is 3.82. The normalized spacial score (nSPS) is 17.7. The molecule has 1 aromatic carbocycles.